The van der Waals surface area contributed by atoms with Crippen molar-refractivity contribution in [2.45, 2.75) is 117 Å². The highest BCUT2D eigenvalue weighted by Gasteiger charge is 2.29. The van der Waals surface area contributed by atoms with Crippen LogP contribution in [0.3, 0.4) is 0 Å². The van der Waals surface area contributed by atoms with E-state index in [-0.39, 0.29) is 24.3 Å². The summed E-state index contributed by atoms with van der Waals surface area (Å²) in [5, 5.41) is 3.17. The lowest BCUT2D eigenvalue weighted by Gasteiger charge is -2.38. The first-order valence-electron chi connectivity index (χ1n) is 22.9. The zero-order valence-electron chi connectivity index (χ0n) is 40.5. The number of halogens is 1. The maximum absolute atomic E-state index is 12.3. The average molecular weight is 1010 g/mol. The molecule has 2 aromatic rings. The van der Waals surface area contributed by atoms with Crippen molar-refractivity contribution in [3.8, 4) is 0 Å². The first-order valence-corrected chi connectivity index (χ1v) is 27.5. The van der Waals surface area contributed by atoms with Gasteiger partial charge in [-0.05, 0) is 116 Å². The summed E-state index contributed by atoms with van der Waals surface area (Å²) in [4.78, 5) is 35.1. The van der Waals surface area contributed by atoms with E-state index in [1.807, 2.05) is 41.5 Å². The summed E-state index contributed by atoms with van der Waals surface area (Å²) in [5.41, 5.74) is 5.43. The summed E-state index contributed by atoms with van der Waals surface area (Å²) in [6.45, 7) is 27.0. The minimum Gasteiger partial charge on any atom is -0.444 e. The normalized spacial score (nSPS) is 18.8. The van der Waals surface area contributed by atoms with Gasteiger partial charge in [0.1, 0.15) is 11.2 Å². The van der Waals surface area contributed by atoms with Gasteiger partial charge < -0.3 is 29.5 Å². The van der Waals surface area contributed by atoms with E-state index in [2.05, 4.69) is 95.6 Å². The lowest BCUT2D eigenvalue weighted by atomic mass is 10.0. The smallest absolute Gasteiger partial charge is 0.410 e. The van der Waals surface area contributed by atoms with Crippen molar-refractivity contribution >= 4 is 53.9 Å². The molecule has 4 fully saturated rings. The van der Waals surface area contributed by atoms with Crippen LogP contribution < -0.4 is 19.7 Å². The number of hydrogen-bond donors (Lipinski definition) is 3. The van der Waals surface area contributed by atoms with Crippen LogP contribution in [0, 0.1) is 13.8 Å². The molecule has 2 amide bonds. The molecular formula is C46H77BrN8O8S2. The van der Waals surface area contributed by atoms with Gasteiger partial charge in [-0.1, -0.05) is 52.3 Å². The van der Waals surface area contributed by atoms with Crippen LogP contribution in [0.15, 0.2) is 40.9 Å². The molecule has 368 valence electrons. The highest BCUT2D eigenvalue weighted by Crippen LogP contribution is 2.30. The molecule has 0 atom stereocenters. The standard InChI is InChI=1S/C23H38N4O4S.C17H25BrN2O2.C6H14N2O2S/c1-18-7-6-8-19(21(18)26-11-9-20(10-12-26)24-32(5,29)30)17-25-13-15-27(16-14-25)22(28)31-23(2,3)4;1-13-6-5-7-14(15(13)18)12-19-8-10-20(11-9-19)16(21)22-17(2,3)4;1-11(9,10)8-6-2-4-7-5-3-6/h6-8,20,24H,9-17H2,1-5H3;5-7H,8-12H2,1-4H3;6-8H,2-5H2,1H3. The number of piperidine rings is 2. The van der Waals surface area contributed by atoms with Crippen molar-refractivity contribution in [1.82, 2.24) is 34.4 Å². The SMILES string of the molecule is CS(=O)(=O)NC1CCNCC1.Cc1cccc(CN2CCN(C(=O)OC(C)(C)C)CC2)c1Br.Cc1cccc(CN2CCN(C(=O)OC(C)(C)C)CC2)c1N1CCC(NS(C)(=O)=O)CC1. The maximum atomic E-state index is 12.3. The number of piperazine rings is 2. The summed E-state index contributed by atoms with van der Waals surface area (Å²) in [5.74, 6) is 0. The summed E-state index contributed by atoms with van der Waals surface area (Å²) >= 11 is 3.66. The Bertz CT molecular complexity index is 2070. The number of sulfonamides is 2. The fourth-order valence-electron chi connectivity index (χ4n) is 8.21. The molecule has 16 nitrogen and oxygen atoms in total. The Hall–Kier alpha value is -3.04. The van der Waals surface area contributed by atoms with Crippen molar-refractivity contribution in [3.63, 3.8) is 0 Å². The fraction of sp³-hybridized carbons (Fsp3) is 0.696. The third-order valence-corrected chi connectivity index (χ3v) is 14.0. The van der Waals surface area contributed by atoms with Crippen molar-refractivity contribution < 1.29 is 35.9 Å². The molecule has 6 rings (SSSR count). The second-order valence-electron chi connectivity index (χ2n) is 19.7. The molecule has 0 unspecified atom stereocenters. The van der Waals surface area contributed by atoms with Crippen LogP contribution >= 0.6 is 15.9 Å². The van der Waals surface area contributed by atoms with E-state index < -0.39 is 31.2 Å². The molecule has 4 saturated heterocycles. The Morgan fingerprint density at radius 3 is 1.46 bits per heavy atom. The minimum atomic E-state index is -3.17. The van der Waals surface area contributed by atoms with Crippen molar-refractivity contribution in [1.29, 1.82) is 0 Å². The molecule has 0 saturated carbocycles. The van der Waals surface area contributed by atoms with Gasteiger partial charge >= 0.3 is 12.2 Å². The number of amides is 2. The van der Waals surface area contributed by atoms with Gasteiger partial charge in [-0.15, -0.1) is 0 Å². The fourth-order valence-corrected chi connectivity index (χ4v) is 10.3. The molecule has 0 aliphatic carbocycles. The molecule has 0 aromatic heterocycles. The van der Waals surface area contributed by atoms with Crippen molar-refractivity contribution in [2.75, 3.05) is 95.9 Å². The first kappa shape index (κ1) is 54.6. The predicted octanol–water partition coefficient (Wildman–Crippen LogP) is 5.66. The van der Waals surface area contributed by atoms with Gasteiger partial charge in [-0.3, -0.25) is 9.80 Å². The molecule has 2 aromatic carbocycles. The van der Waals surface area contributed by atoms with Crippen LogP contribution in [0.4, 0.5) is 15.3 Å². The van der Waals surface area contributed by atoms with E-state index in [4.69, 9.17) is 9.47 Å². The summed E-state index contributed by atoms with van der Waals surface area (Å²) in [7, 11) is -6.18. The Kier molecular flexibility index (Phi) is 20.4. The molecular weight excluding hydrogens is 937 g/mol. The van der Waals surface area contributed by atoms with Gasteiger partial charge in [0.15, 0.2) is 0 Å². The second-order valence-corrected chi connectivity index (χ2v) is 24.0. The van der Waals surface area contributed by atoms with E-state index in [1.54, 1.807) is 9.80 Å². The number of carbonyl (C=O) groups excluding carboxylic acids is 2. The number of nitrogens with zero attached hydrogens (tertiary/aromatic N) is 5. The van der Waals surface area contributed by atoms with E-state index >= 15 is 0 Å². The number of aryl methyl sites for hydroxylation is 2. The highest BCUT2D eigenvalue weighted by atomic mass is 79.9. The molecule has 0 spiro atoms. The third kappa shape index (κ3) is 20.0. The van der Waals surface area contributed by atoms with Crippen LogP contribution in [-0.4, -0.2) is 163 Å². The minimum absolute atomic E-state index is 0.00894. The Labute approximate surface area is 398 Å². The van der Waals surface area contributed by atoms with Gasteiger partial charge in [-0.2, -0.15) is 0 Å². The summed E-state index contributed by atoms with van der Waals surface area (Å²) in [6, 6.07) is 12.9. The molecule has 4 aliphatic heterocycles. The Morgan fingerprint density at radius 2 is 1.03 bits per heavy atom. The zero-order chi connectivity index (χ0) is 48.2. The maximum Gasteiger partial charge on any atom is 0.410 e. The van der Waals surface area contributed by atoms with Crippen LogP contribution in [-0.2, 0) is 42.6 Å². The zero-order valence-corrected chi connectivity index (χ0v) is 43.8. The number of anilines is 1. The molecule has 65 heavy (non-hydrogen) atoms. The Morgan fingerprint density at radius 1 is 0.631 bits per heavy atom. The lowest BCUT2D eigenvalue weighted by molar-refractivity contribution is 0.0129. The van der Waals surface area contributed by atoms with Crippen LogP contribution in [0.2, 0.25) is 0 Å². The quantitative estimate of drug-likeness (QED) is 0.282. The van der Waals surface area contributed by atoms with E-state index in [1.165, 1.54) is 44.9 Å². The van der Waals surface area contributed by atoms with Gasteiger partial charge in [0.2, 0.25) is 20.0 Å². The van der Waals surface area contributed by atoms with Crippen molar-refractivity contribution in [3.05, 3.63) is 63.1 Å². The molecule has 4 aliphatic rings. The van der Waals surface area contributed by atoms with E-state index in [0.29, 0.717) is 13.1 Å². The average Bonchev–Trinajstić information content (AvgIpc) is 3.19. The van der Waals surface area contributed by atoms with Crippen LogP contribution in [0.1, 0.15) is 89.5 Å². The van der Waals surface area contributed by atoms with Gasteiger partial charge in [-0.25, -0.2) is 35.9 Å². The molecule has 19 heteroatoms. The topological polar surface area (TPSA) is 173 Å². The number of rotatable bonds is 9. The van der Waals surface area contributed by atoms with Gasteiger partial charge in [0.25, 0.3) is 0 Å². The molecule has 0 bridgehead atoms. The Balaban J connectivity index is 0.000000241. The van der Waals surface area contributed by atoms with Gasteiger partial charge in [0, 0.05) is 101 Å². The number of nitrogens with one attached hydrogen (secondary N) is 3. The number of carbonyl (C=O) groups is 2. The van der Waals surface area contributed by atoms with E-state index in [0.717, 1.165) is 104 Å². The number of hydrogen-bond acceptors (Lipinski definition) is 12. The van der Waals surface area contributed by atoms with Crippen LogP contribution in [0.5, 0.6) is 0 Å². The third-order valence-electron chi connectivity index (χ3n) is 11.3. The summed E-state index contributed by atoms with van der Waals surface area (Å²) < 4.78 is 62.1. The molecule has 0 radical (unpaired) electrons. The predicted molar refractivity (Wildman–Crippen MR) is 263 cm³/mol. The van der Waals surface area contributed by atoms with E-state index in [9.17, 15) is 26.4 Å². The highest BCUT2D eigenvalue weighted by molar-refractivity contribution is 9.10. The lowest BCUT2D eigenvalue weighted by Crippen LogP contribution is -2.49. The number of benzene rings is 2. The number of ether oxygens (including phenoxy) is 2. The van der Waals surface area contributed by atoms with Crippen molar-refractivity contribution in [2.24, 2.45) is 0 Å². The summed E-state index contributed by atoms with van der Waals surface area (Å²) in [6.07, 6.45) is 5.38. The van der Waals surface area contributed by atoms with Crippen LogP contribution in [0.25, 0.3) is 0 Å². The first-order chi connectivity index (χ1) is 30.2. The largest absolute Gasteiger partial charge is 0.444 e. The van der Waals surface area contributed by atoms with Gasteiger partial charge in [0.05, 0.1) is 12.5 Å². The molecule has 3 N–H and O–H groups in total. The second kappa shape index (κ2) is 24.3. The monoisotopic (exact) mass is 1010 g/mol. The number of para-hydroxylation sites is 1. The molecule has 4 heterocycles.